The zero-order valence-electron chi connectivity index (χ0n) is 8.93. The third kappa shape index (κ3) is 4.44. The lowest BCUT2D eigenvalue weighted by Gasteiger charge is -2.09. The number of aromatic nitrogens is 1. The summed E-state index contributed by atoms with van der Waals surface area (Å²) in [5.74, 6) is -0.264. The molecule has 0 aliphatic heterocycles. The molecule has 1 heterocycles. The van der Waals surface area contributed by atoms with Crippen molar-refractivity contribution in [3.05, 3.63) is 23.9 Å². The number of aryl methyl sites for hydroxylation is 1. The third-order valence-electron chi connectivity index (χ3n) is 1.73. The Morgan fingerprint density at radius 3 is 2.87 bits per heavy atom. The highest BCUT2D eigenvalue weighted by molar-refractivity contribution is 5.66. The Labute approximate surface area is 88.9 Å². The summed E-state index contributed by atoms with van der Waals surface area (Å²) in [4.78, 5) is 14.6. The number of carbonyl (C=O) groups is 1. The van der Waals surface area contributed by atoms with Gasteiger partial charge < -0.3 is 9.84 Å². The molecule has 0 radical (unpaired) electrons. The van der Waals surface area contributed by atoms with Crippen LogP contribution in [0.3, 0.4) is 0 Å². The van der Waals surface area contributed by atoms with E-state index >= 15 is 0 Å². The maximum atomic E-state index is 10.4. The van der Waals surface area contributed by atoms with Crippen molar-refractivity contribution in [1.29, 1.82) is 0 Å². The van der Waals surface area contributed by atoms with Crippen LogP contribution in [0.25, 0.3) is 0 Å². The van der Waals surface area contributed by atoms with Gasteiger partial charge in [0.2, 0.25) is 5.88 Å². The number of ether oxygens (including phenoxy) is 1. The molecule has 1 N–H and O–H groups in total. The van der Waals surface area contributed by atoms with Crippen molar-refractivity contribution in [2.45, 2.75) is 32.8 Å². The second-order valence-corrected chi connectivity index (χ2v) is 3.53. The first-order chi connectivity index (χ1) is 7.08. The van der Waals surface area contributed by atoms with Crippen LogP contribution in [0.15, 0.2) is 18.2 Å². The van der Waals surface area contributed by atoms with E-state index in [2.05, 4.69) is 4.98 Å². The zero-order chi connectivity index (χ0) is 11.3. The molecule has 0 amide bonds. The van der Waals surface area contributed by atoms with E-state index in [9.17, 15) is 4.79 Å². The average molecular weight is 209 g/mol. The maximum absolute atomic E-state index is 10.4. The first-order valence-electron chi connectivity index (χ1n) is 4.92. The SMILES string of the molecule is CC(C)Oc1cccc(CCC(=O)O)n1. The number of aliphatic carboxylic acids is 1. The van der Waals surface area contributed by atoms with Crippen LogP contribution in [-0.4, -0.2) is 22.2 Å². The van der Waals surface area contributed by atoms with Crippen LogP contribution >= 0.6 is 0 Å². The fraction of sp³-hybridized carbons (Fsp3) is 0.455. The summed E-state index contributed by atoms with van der Waals surface area (Å²) in [5, 5.41) is 8.53. The maximum Gasteiger partial charge on any atom is 0.303 e. The molecule has 0 spiro atoms. The fourth-order valence-electron chi connectivity index (χ4n) is 1.14. The van der Waals surface area contributed by atoms with Gasteiger partial charge >= 0.3 is 5.97 Å². The summed E-state index contributed by atoms with van der Waals surface area (Å²) < 4.78 is 5.40. The Morgan fingerprint density at radius 1 is 1.53 bits per heavy atom. The highest BCUT2D eigenvalue weighted by atomic mass is 16.5. The lowest BCUT2D eigenvalue weighted by atomic mass is 10.2. The summed E-state index contributed by atoms with van der Waals surface area (Å²) >= 11 is 0. The van der Waals surface area contributed by atoms with Crippen molar-refractivity contribution in [2.75, 3.05) is 0 Å². The molecule has 0 atom stereocenters. The van der Waals surface area contributed by atoms with Crippen molar-refractivity contribution in [1.82, 2.24) is 4.98 Å². The van der Waals surface area contributed by atoms with Crippen molar-refractivity contribution >= 4 is 5.97 Å². The molecular weight excluding hydrogens is 194 g/mol. The van der Waals surface area contributed by atoms with Crippen molar-refractivity contribution in [3.63, 3.8) is 0 Å². The van der Waals surface area contributed by atoms with Crippen molar-refractivity contribution in [2.24, 2.45) is 0 Å². The number of carboxylic acid groups (broad SMARTS) is 1. The van der Waals surface area contributed by atoms with Gasteiger partial charge in [0.05, 0.1) is 12.5 Å². The van der Waals surface area contributed by atoms with E-state index in [1.165, 1.54) is 0 Å². The third-order valence-corrected chi connectivity index (χ3v) is 1.73. The summed E-state index contributed by atoms with van der Waals surface area (Å²) in [6, 6.07) is 5.39. The molecule has 0 aliphatic rings. The topological polar surface area (TPSA) is 59.4 Å². The number of nitrogens with zero attached hydrogens (tertiary/aromatic N) is 1. The van der Waals surface area contributed by atoms with E-state index in [1.807, 2.05) is 19.9 Å². The van der Waals surface area contributed by atoms with Crippen LogP contribution in [0.1, 0.15) is 26.0 Å². The van der Waals surface area contributed by atoms with Crippen LogP contribution in [-0.2, 0) is 11.2 Å². The zero-order valence-corrected chi connectivity index (χ0v) is 8.93. The lowest BCUT2D eigenvalue weighted by molar-refractivity contribution is -0.136. The summed E-state index contributed by atoms with van der Waals surface area (Å²) in [6.45, 7) is 3.84. The first-order valence-corrected chi connectivity index (χ1v) is 4.92. The predicted molar refractivity (Wildman–Crippen MR) is 56.0 cm³/mol. The molecule has 1 rings (SSSR count). The van der Waals surface area contributed by atoms with Gasteiger partial charge in [0, 0.05) is 18.2 Å². The minimum absolute atomic E-state index is 0.0761. The minimum Gasteiger partial charge on any atom is -0.481 e. The quantitative estimate of drug-likeness (QED) is 0.804. The smallest absolute Gasteiger partial charge is 0.303 e. The molecule has 1 aromatic rings. The van der Waals surface area contributed by atoms with Crippen LogP contribution in [0, 0.1) is 0 Å². The van der Waals surface area contributed by atoms with E-state index in [0.29, 0.717) is 12.3 Å². The molecule has 0 bridgehead atoms. The number of carboxylic acids is 1. The molecule has 0 saturated heterocycles. The van der Waals surface area contributed by atoms with Crippen LogP contribution in [0.4, 0.5) is 0 Å². The molecule has 4 nitrogen and oxygen atoms in total. The van der Waals surface area contributed by atoms with E-state index in [0.717, 1.165) is 5.69 Å². The van der Waals surface area contributed by atoms with E-state index in [4.69, 9.17) is 9.84 Å². The summed E-state index contributed by atoms with van der Waals surface area (Å²) in [5.41, 5.74) is 0.746. The molecule has 15 heavy (non-hydrogen) atoms. The molecule has 0 aromatic carbocycles. The first kappa shape index (κ1) is 11.5. The second kappa shape index (κ2) is 5.34. The van der Waals surface area contributed by atoms with Gasteiger partial charge in [-0.25, -0.2) is 4.98 Å². The number of rotatable bonds is 5. The standard InChI is InChI=1S/C11H15NO3/c1-8(2)15-10-5-3-4-9(12-10)6-7-11(13)14/h3-5,8H,6-7H2,1-2H3,(H,13,14). The Balaban J connectivity index is 2.61. The Kier molecular flexibility index (Phi) is 4.09. The average Bonchev–Trinajstić information content (AvgIpc) is 2.14. The molecule has 0 unspecified atom stereocenters. The van der Waals surface area contributed by atoms with Gasteiger partial charge in [-0.2, -0.15) is 0 Å². The van der Waals surface area contributed by atoms with Crippen molar-refractivity contribution in [3.8, 4) is 5.88 Å². The van der Waals surface area contributed by atoms with Gasteiger partial charge in [-0.1, -0.05) is 6.07 Å². The normalized spacial score (nSPS) is 10.3. The number of hydrogen-bond acceptors (Lipinski definition) is 3. The Hall–Kier alpha value is -1.58. The summed E-state index contributed by atoms with van der Waals surface area (Å²) in [6.07, 6.45) is 0.607. The predicted octanol–water partition coefficient (Wildman–Crippen LogP) is 1.89. The number of hydrogen-bond donors (Lipinski definition) is 1. The van der Waals surface area contributed by atoms with E-state index < -0.39 is 5.97 Å². The van der Waals surface area contributed by atoms with Crippen LogP contribution in [0.2, 0.25) is 0 Å². The monoisotopic (exact) mass is 209 g/mol. The molecule has 82 valence electrons. The van der Waals surface area contributed by atoms with Crippen LogP contribution in [0.5, 0.6) is 5.88 Å². The second-order valence-electron chi connectivity index (χ2n) is 3.53. The number of pyridine rings is 1. The van der Waals surface area contributed by atoms with E-state index in [1.54, 1.807) is 12.1 Å². The van der Waals surface area contributed by atoms with E-state index in [-0.39, 0.29) is 12.5 Å². The van der Waals surface area contributed by atoms with Gasteiger partial charge in [-0.3, -0.25) is 4.79 Å². The van der Waals surface area contributed by atoms with Gasteiger partial charge in [0.25, 0.3) is 0 Å². The highest BCUT2D eigenvalue weighted by Crippen LogP contribution is 2.10. The van der Waals surface area contributed by atoms with Gasteiger partial charge in [-0.15, -0.1) is 0 Å². The molecule has 0 saturated carbocycles. The van der Waals surface area contributed by atoms with Gasteiger partial charge in [-0.05, 0) is 19.9 Å². The Bertz CT molecular complexity index is 336. The van der Waals surface area contributed by atoms with Crippen molar-refractivity contribution < 1.29 is 14.6 Å². The Morgan fingerprint density at radius 2 is 2.27 bits per heavy atom. The van der Waals surface area contributed by atoms with Crippen LogP contribution < -0.4 is 4.74 Å². The molecule has 1 aromatic heterocycles. The molecular formula is C11H15NO3. The highest BCUT2D eigenvalue weighted by Gasteiger charge is 2.03. The molecule has 0 fully saturated rings. The summed E-state index contributed by atoms with van der Waals surface area (Å²) in [7, 11) is 0. The largest absolute Gasteiger partial charge is 0.481 e. The van der Waals surface area contributed by atoms with Gasteiger partial charge in [0.15, 0.2) is 0 Å². The van der Waals surface area contributed by atoms with Gasteiger partial charge in [0.1, 0.15) is 0 Å². The fourth-order valence-corrected chi connectivity index (χ4v) is 1.14. The molecule has 4 heteroatoms. The lowest BCUT2D eigenvalue weighted by Crippen LogP contribution is -2.08. The minimum atomic E-state index is -0.813. The molecule has 0 aliphatic carbocycles.